The van der Waals surface area contributed by atoms with Crippen LogP contribution in [0.4, 0.5) is 0 Å². The molecule has 2 unspecified atom stereocenters. The molecule has 1 amide bonds. The molecule has 1 heterocycles. The second-order valence-corrected chi connectivity index (χ2v) is 5.56. The highest BCUT2D eigenvalue weighted by Crippen LogP contribution is 2.27. The zero-order chi connectivity index (χ0) is 14.9. The first-order valence-electron chi connectivity index (χ1n) is 6.70. The molecular weight excluding hydrogens is 258 g/mol. The largest absolute Gasteiger partial charge is 0.507 e. The number of phenolic OH excluding ortho intramolecular Hbond substituents is 1. The first kappa shape index (κ1) is 14.4. The molecule has 20 heavy (non-hydrogen) atoms. The van der Waals surface area contributed by atoms with Crippen molar-refractivity contribution in [3.05, 3.63) is 29.3 Å². The number of hydrogen-bond acceptors (Lipinski definition) is 3. The first-order chi connectivity index (χ1) is 9.40. The molecule has 1 fully saturated rings. The zero-order valence-corrected chi connectivity index (χ0v) is 11.7. The Bertz CT molecular complexity index is 541. The van der Waals surface area contributed by atoms with Gasteiger partial charge in [-0.2, -0.15) is 0 Å². The molecule has 2 N–H and O–H groups in total. The van der Waals surface area contributed by atoms with Gasteiger partial charge >= 0.3 is 5.97 Å². The van der Waals surface area contributed by atoms with Crippen LogP contribution in [0.15, 0.2) is 18.2 Å². The Kier molecular flexibility index (Phi) is 3.97. The van der Waals surface area contributed by atoms with E-state index in [1.54, 1.807) is 25.1 Å². The number of carboxylic acid groups (broad SMARTS) is 1. The fraction of sp³-hybridized carbons (Fsp3) is 0.467. The van der Waals surface area contributed by atoms with Crippen LogP contribution >= 0.6 is 0 Å². The fourth-order valence-electron chi connectivity index (χ4n) is 2.70. The Labute approximate surface area is 117 Å². The average molecular weight is 277 g/mol. The summed E-state index contributed by atoms with van der Waals surface area (Å²) in [4.78, 5) is 25.1. The summed E-state index contributed by atoms with van der Waals surface area (Å²) in [5, 5.41) is 19.1. The predicted octanol–water partition coefficient (Wildman–Crippen LogP) is 1.88. The van der Waals surface area contributed by atoms with Gasteiger partial charge in [0.2, 0.25) is 0 Å². The first-order valence-corrected chi connectivity index (χ1v) is 6.70. The molecule has 0 radical (unpaired) electrons. The number of hydrogen-bond donors (Lipinski definition) is 2. The van der Waals surface area contributed by atoms with E-state index in [1.807, 2.05) is 6.92 Å². The maximum Gasteiger partial charge on any atom is 0.308 e. The van der Waals surface area contributed by atoms with Gasteiger partial charge in [-0.25, -0.2) is 0 Å². The van der Waals surface area contributed by atoms with Crippen molar-refractivity contribution in [1.82, 2.24) is 4.90 Å². The number of aliphatic carboxylic acids is 1. The molecular formula is C15H19NO4. The molecule has 0 aliphatic carbocycles. The van der Waals surface area contributed by atoms with Gasteiger partial charge in [-0.1, -0.05) is 19.1 Å². The van der Waals surface area contributed by atoms with Crippen LogP contribution in [-0.4, -0.2) is 40.1 Å². The minimum Gasteiger partial charge on any atom is -0.507 e. The van der Waals surface area contributed by atoms with Crippen LogP contribution in [0.5, 0.6) is 5.75 Å². The number of likely N-dealkylation sites (tertiary alicyclic amines) is 1. The van der Waals surface area contributed by atoms with E-state index in [2.05, 4.69) is 0 Å². The minimum absolute atomic E-state index is 0.0254. The summed E-state index contributed by atoms with van der Waals surface area (Å²) >= 11 is 0. The molecule has 5 nitrogen and oxygen atoms in total. The van der Waals surface area contributed by atoms with Crippen molar-refractivity contribution in [3.63, 3.8) is 0 Å². The Hall–Kier alpha value is -2.04. The van der Waals surface area contributed by atoms with Crippen LogP contribution in [0.25, 0.3) is 0 Å². The number of amides is 1. The number of rotatable bonds is 2. The number of carbonyl (C=O) groups is 2. The third-order valence-corrected chi connectivity index (χ3v) is 3.76. The lowest BCUT2D eigenvalue weighted by atomic mass is 9.90. The molecule has 5 heteroatoms. The van der Waals surface area contributed by atoms with E-state index in [0.717, 1.165) is 0 Å². The third-order valence-electron chi connectivity index (χ3n) is 3.76. The fourth-order valence-corrected chi connectivity index (χ4v) is 2.70. The van der Waals surface area contributed by atoms with Crippen molar-refractivity contribution in [2.75, 3.05) is 13.1 Å². The molecule has 2 atom stereocenters. The van der Waals surface area contributed by atoms with Gasteiger partial charge in [0.05, 0.1) is 11.5 Å². The maximum atomic E-state index is 12.5. The molecule has 1 aliphatic heterocycles. The SMILES string of the molecule is Cc1cccc(C(=O)N2CC(C)CC(C(=O)O)C2)c1O. The van der Waals surface area contributed by atoms with Gasteiger partial charge in [0, 0.05) is 13.1 Å². The van der Waals surface area contributed by atoms with Crippen LogP contribution in [0.1, 0.15) is 29.3 Å². The lowest BCUT2D eigenvalue weighted by molar-refractivity contribution is -0.143. The molecule has 108 valence electrons. The van der Waals surface area contributed by atoms with Crippen molar-refractivity contribution in [2.45, 2.75) is 20.3 Å². The summed E-state index contributed by atoms with van der Waals surface area (Å²) in [7, 11) is 0. The molecule has 1 saturated heterocycles. The number of benzene rings is 1. The summed E-state index contributed by atoms with van der Waals surface area (Å²) in [6, 6.07) is 5.01. The van der Waals surface area contributed by atoms with Gasteiger partial charge in [0.25, 0.3) is 5.91 Å². The van der Waals surface area contributed by atoms with Crippen LogP contribution < -0.4 is 0 Å². The number of carbonyl (C=O) groups excluding carboxylic acids is 1. The highest BCUT2D eigenvalue weighted by Gasteiger charge is 2.33. The van der Waals surface area contributed by atoms with Crippen molar-refractivity contribution in [1.29, 1.82) is 0 Å². The molecule has 1 aromatic rings. The highest BCUT2D eigenvalue weighted by molar-refractivity contribution is 5.97. The van der Waals surface area contributed by atoms with Crippen molar-refractivity contribution < 1.29 is 19.8 Å². The zero-order valence-electron chi connectivity index (χ0n) is 11.7. The topological polar surface area (TPSA) is 77.8 Å². The number of aromatic hydroxyl groups is 1. The van der Waals surface area contributed by atoms with Gasteiger partial charge in [-0.05, 0) is 30.9 Å². The summed E-state index contributed by atoms with van der Waals surface area (Å²) in [6.07, 6.45) is 0.582. The number of phenols is 1. The lowest BCUT2D eigenvalue weighted by Crippen LogP contribution is -2.45. The molecule has 1 aromatic carbocycles. The Morgan fingerprint density at radius 1 is 1.30 bits per heavy atom. The maximum absolute atomic E-state index is 12.5. The third kappa shape index (κ3) is 2.76. The summed E-state index contributed by atoms with van der Waals surface area (Å²) in [5.74, 6) is -1.59. The summed E-state index contributed by atoms with van der Waals surface area (Å²) < 4.78 is 0. The molecule has 0 bridgehead atoms. The molecule has 0 saturated carbocycles. The number of nitrogens with zero attached hydrogens (tertiary/aromatic N) is 1. The molecule has 1 aliphatic rings. The normalized spacial score (nSPS) is 22.6. The van der Waals surface area contributed by atoms with Crippen LogP contribution in [0, 0.1) is 18.8 Å². The smallest absolute Gasteiger partial charge is 0.308 e. The second kappa shape index (κ2) is 5.53. The van der Waals surface area contributed by atoms with E-state index >= 15 is 0 Å². The van der Waals surface area contributed by atoms with E-state index in [9.17, 15) is 14.7 Å². The van der Waals surface area contributed by atoms with E-state index < -0.39 is 11.9 Å². The quantitative estimate of drug-likeness (QED) is 0.865. The van der Waals surface area contributed by atoms with Crippen LogP contribution in [-0.2, 0) is 4.79 Å². The standard InChI is InChI=1S/C15H19NO4/c1-9-6-11(15(19)20)8-16(7-9)14(18)12-5-3-4-10(2)13(12)17/h3-5,9,11,17H,6-8H2,1-2H3,(H,19,20). The highest BCUT2D eigenvalue weighted by atomic mass is 16.4. The van der Waals surface area contributed by atoms with Crippen molar-refractivity contribution in [3.8, 4) is 5.75 Å². The molecule has 2 rings (SSSR count). The molecule has 0 aromatic heterocycles. The average Bonchev–Trinajstić information content (AvgIpc) is 2.40. The minimum atomic E-state index is -0.872. The van der Waals surface area contributed by atoms with Gasteiger partial charge in [-0.15, -0.1) is 0 Å². The van der Waals surface area contributed by atoms with Gasteiger partial charge < -0.3 is 15.1 Å². The predicted molar refractivity (Wildman–Crippen MR) is 73.7 cm³/mol. The number of aryl methyl sites for hydroxylation is 1. The van der Waals surface area contributed by atoms with Gasteiger partial charge in [0.15, 0.2) is 0 Å². The Morgan fingerprint density at radius 3 is 2.65 bits per heavy atom. The molecule has 0 spiro atoms. The van der Waals surface area contributed by atoms with E-state index in [-0.39, 0.29) is 29.7 Å². The van der Waals surface area contributed by atoms with Crippen molar-refractivity contribution in [2.24, 2.45) is 11.8 Å². The number of carboxylic acids is 1. The van der Waals surface area contributed by atoms with Gasteiger partial charge in [0.1, 0.15) is 5.75 Å². The summed E-state index contributed by atoms with van der Waals surface area (Å²) in [5.41, 5.74) is 0.874. The van der Waals surface area contributed by atoms with Crippen molar-refractivity contribution >= 4 is 11.9 Å². The van der Waals surface area contributed by atoms with Gasteiger partial charge in [-0.3, -0.25) is 9.59 Å². The van der Waals surface area contributed by atoms with E-state index in [1.165, 1.54) is 4.90 Å². The Morgan fingerprint density at radius 2 is 2.00 bits per heavy atom. The van der Waals surface area contributed by atoms with Crippen LogP contribution in [0.2, 0.25) is 0 Å². The number of piperidine rings is 1. The number of para-hydroxylation sites is 1. The summed E-state index contributed by atoms with van der Waals surface area (Å²) in [6.45, 7) is 4.39. The second-order valence-electron chi connectivity index (χ2n) is 5.56. The van der Waals surface area contributed by atoms with E-state index in [0.29, 0.717) is 18.5 Å². The Balaban J connectivity index is 2.24. The van der Waals surface area contributed by atoms with Crippen LogP contribution in [0.3, 0.4) is 0 Å². The monoisotopic (exact) mass is 277 g/mol. The van der Waals surface area contributed by atoms with E-state index in [4.69, 9.17) is 5.11 Å². The lowest BCUT2D eigenvalue weighted by Gasteiger charge is -2.34.